The molecule has 0 fully saturated rings. The number of ether oxygens (including phenoxy) is 3. The van der Waals surface area contributed by atoms with Gasteiger partial charge in [-0.3, -0.25) is 14.4 Å². The maximum Gasteiger partial charge on any atom is 0.306 e. The molecule has 0 aliphatic rings. The molecule has 1 atom stereocenters. The number of hydrogen-bond donors (Lipinski definition) is 0. The van der Waals surface area contributed by atoms with Gasteiger partial charge in [-0.2, -0.15) is 0 Å². The van der Waals surface area contributed by atoms with Gasteiger partial charge >= 0.3 is 17.9 Å². The van der Waals surface area contributed by atoms with Gasteiger partial charge in [0.15, 0.2) is 6.10 Å². The number of hydrogen-bond acceptors (Lipinski definition) is 6. The Balaban J connectivity index is 4.50. The molecule has 0 rings (SSSR count). The lowest BCUT2D eigenvalue weighted by atomic mass is 10.1. The third-order valence-corrected chi connectivity index (χ3v) is 12.2. The fraction of sp³-hybridized carbons (Fsp3) is 0.586. The molecule has 1 unspecified atom stereocenters. The molecular weight excluding hydrogens is 937 g/mol. The number of carbonyl (C=O) groups is 3. The first kappa shape index (κ1) is 71.0. The molecule has 6 nitrogen and oxygen atoms in total. The fourth-order valence-electron chi connectivity index (χ4n) is 7.74. The van der Waals surface area contributed by atoms with Gasteiger partial charge < -0.3 is 14.2 Å². The standard InChI is InChI=1S/C70H110O6/c1-4-7-10-13-16-19-22-25-28-30-31-32-33-34-35-36-37-38-39-40-43-45-48-51-54-57-60-63-69(72)75-66-67(65-74-68(71)62-59-56-53-50-47-44-41-27-24-21-18-15-12-9-6-3)76-70(73)64-61-58-55-52-49-46-42-29-26-23-20-17-14-11-8-5-2/h7,9-10,12,16,18-21,23,25,27-29,31-32,34-35,37-38,40-43,48,51,67H,4-6,8,11,13-15,17,22,24,26,30,33,36,39,44-47,49-50,52-66H2,1-3H3/b10-7-,12-9-,19-16-,21-18-,23-20-,28-25-,32-31-,35-34-,38-37-,41-27-,42-29-,43-40-,51-48-. The van der Waals surface area contributed by atoms with Crippen molar-refractivity contribution in [1.82, 2.24) is 0 Å². The van der Waals surface area contributed by atoms with Gasteiger partial charge in [0.1, 0.15) is 13.2 Å². The highest BCUT2D eigenvalue weighted by Gasteiger charge is 2.19. The van der Waals surface area contributed by atoms with E-state index in [1.165, 1.54) is 32.1 Å². The molecule has 0 N–H and O–H groups in total. The molecule has 0 spiro atoms. The molecule has 0 saturated heterocycles. The van der Waals surface area contributed by atoms with Crippen LogP contribution >= 0.6 is 0 Å². The summed E-state index contributed by atoms with van der Waals surface area (Å²) in [5.41, 5.74) is 0. The normalized spacial score (nSPS) is 13.2. The van der Waals surface area contributed by atoms with Crippen molar-refractivity contribution in [3.63, 3.8) is 0 Å². The van der Waals surface area contributed by atoms with Crippen molar-refractivity contribution in [3.8, 4) is 0 Å². The van der Waals surface area contributed by atoms with Crippen LogP contribution in [0.4, 0.5) is 0 Å². The summed E-state index contributed by atoms with van der Waals surface area (Å²) >= 11 is 0. The lowest BCUT2D eigenvalue weighted by molar-refractivity contribution is -0.167. The maximum atomic E-state index is 12.9. The van der Waals surface area contributed by atoms with Gasteiger partial charge in [-0.05, 0) is 148 Å². The molecule has 0 saturated carbocycles. The molecule has 426 valence electrons. The number of rotatable bonds is 53. The van der Waals surface area contributed by atoms with Gasteiger partial charge in [0.25, 0.3) is 0 Å². The molecule has 0 aliphatic heterocycles. The summed E-state index contributed by atoms with van der Waals surface area (Å²) in [6, 6.07) is 0. The predicted molar refractivity (Wildman–Crippen MR) is 329 cm³/mol. The van der Waals surface area contributed by atoms with E-state index in [0.717, 1.165) is 167 Å². The quantitative estimate of drug-likeness (QED) is 0.0261. The van der Waals surface area contributed by atoms with Crippen LogP contribution in [0.3, 0.4) is 0 Å². The van der Waals surface area contributed by atoms with Crippen LogP contribution in [0.5, 0.6) is 0 Å². The van der Waals surface area contributed by atoms with E-state index in [0.29, 0.717) is 19.3 Å². The predicted octanol–water partition coefficient (Wildman–Crippen LogP) is 20.9. The third kappa shape index (κ3) is 59.9. The van der Waals surface area contributed by atoms with Crippen molar-refractivity contribution < 1.29 is 28.6 Å². The van der Waals surface area contributed by atoms with Crippen molar-refractivity contribution in [2.75, 3.05) is 13.2 Å². The number of unbranched alkanes of at least 4 members (excludes halogenated alkanes) is 16. The molecular formula is C70H110O6. The monoisotopic (exact) mass is 1050 g/mol. The Hall–Kier alpha value is -4.97. The Bertz CT molecular complexity index is 1720. The molecule has 0 aliphatic carbocycles. The summed E-state index contributed by atoms with van der Waals surface area (Å²) < 4.78 is 16.8. The molecule has 0 aromatic rings. The lowest BCUT2D eigenvalue weighted by Gasteiger charge is -2.18. The zero-order valence-corrected chi connectivity index (χ0v) is 48.7. The summed E-state index contributed by atoms with van der Waals surface area (Å²) in [6.07, 6.45) is 90.9. The Labute approximate surface area is 467 Å². The van der Waals surface area contributed by atoms with Gasteiger partial charge in [0.2, 0.25) is 0 Å². The largest absolute Gasteiger partial charge is 0.462 e. The van der Waals surface area contributed by atoms with Crippen LogP contribution in [0.25, 0.3) is 0 Å². The Morgan fingerprint density at radius 3 is 0.829 bits per heavy atom. The van der Waals surface area contributed by atoms with Crippen molar-refractivity contribution in [2.45, 2.75) is 252 Å². The minimum absolute atomic E-state index is 0.113. The Kier molecular flexibility index (Phi) is 58.5. The third-order valence-electron chi connectivity index (χ3n) is 12.2. The molecule has 0 bridgehead atoms. The van der Waals surface area contributed by atoms with E-state index < -0.39 is 6.10 Å². The van der Waals surface area contributed by atoms with E-state index in [1.807, 2.05) is 0 Å². The minimum Gasteiger partial charge on any atom is -0.462 e. The average Bonchev–Trinajstić information content (AvgIpc) is 3.42. The van der Waals surface area contributed by atoms with Crippen LogP contribution in [0.15, 0.2) is 158 Å². The summed E-state index contributed by atoms with van der Waals surface area (Å²) in [5, 5.41) is 0. The molecule has 6 heteroatoms. The summed E-state index contributed by atoms with van der Waals surface area (Å²) in [6.45, 7) is 6.32. The summed E-state index contributed by atoms with van der Waals surface area (Å²) in [5.74, 6) is -0.994. The van der Waals surface area contributed by atoms with Crippen LogP contribution < -0.4 is 0 Å². The van der Waals surface area contributed by atoms with E-state index in [4.69, 9.17) is 14.2 Å². The summed E-state index contributed by atoms with van der Waals surface area (Å²) in [4.78, 5) is 38.2. The highest BCUT2D eigenvalue weighted by Crippen LogP contribution is 2.13. The second-order valence-corrected chi connectivity index (χ2v) is 19.5. The minimum atomic E-state index is -0.820. The van der Waals surface area contributed by atoms with Gasteiger partial charge in [0, 0.05) is 19.3 Å². The van der Waals surface area contributed by atoms with Crippen LogP contribution in [0, 0.1) is 0 Å². The van der Waals surface area contributed by atoms with Gasteiger partial charge in [0.05, 0.1) is 0 Å². The SMILES string of the molecule is CC/C=C\C/C=C\C/C=C\C/C=C\C/C=C\C/C=C\C/C=C\C/C=C\CCCCC(=O)OCC(COC(=O)CCCCCCC/C=C\C/C=C\C/C=C\CC)OC(=O)CCCCCCC/C=C\C/C=C\CCCCCC. The van der Waals surface area contributed by atoms with E-state index in [9.17, 15) is 14.4 Å². The number of esters is 3. The molecule has 0 heterocycles. The highest BCUT2D eigenvalue weighted by molar-refractivity contribution is 5.71. The lowest BCUT2D eigenvalue weighted by Crippen LogP contribution is -2.30. The fourth-order valence-corrected chi connectivity index (χ4v) is 7.74. The molecule has 0 radical (unpaired) electrons. The topological polar surface area (TPSA) is 78.9 Å². The Morgan fingerprint density at radius 2 is 0.513 bits per heavy atom. The van der Waals surface area contributed by atoms with Crippen molar-refractivity contribution in [1.29, 1.82) is 0 Å². The highest BCUT2D eigenvalue weighted by atomic mass is 16.6. The smallest absolute Gasteiger partial charge is 0.306 e. The second kappa shape index (κ2) is 62.6. The van der Waals surface area contributed by atoms with E-state index in [2.05, 4.69) is 179 Å². The zero-order chi connectivity index (χ0) is 55.0. The zero-order valence-electron chi connectivity index (χ0n) is 48.7. The average molecular weight is 1050 g/mol. The van der Waals surface area contributed by atoms with Crippen molar-refractivity contribution >= 4 is 17.9 Å². The van der Waals surface area contributed by atoms with Crippen LogP contribution in [-0.2, 0) is 28.6 Å². The number of carbonyl (C=O) groups excluding carboxylic acids is 3. The summed E-state index contributed by atoms with van der Waals surface area (Å²) in [7, 11) is 0. The second-order valence-electron chi connectivity index (χ2n) is 19.5. The van der Waals surface area contributed by atoms with Crippen LogP contribution in [-0.4, -0.2) is 37.2 Å². The maximum absolute atomic E-state index is 12.9. The van der Waals surface area contributed by atoms with Gasteiger partial charge in [-0.1, -0.05) is 237 Å². The van der Waals surface area contributed by atoms with Crippen molar-refractivity contribution in [3.05, 3.63) is 158 Å². The van der Waals surface area contributed by atoms with Crippen LogP contribution in [0.1, 0.15) is 245 Å². The Morgan fingerprint density at radius 1 is 0.276 bits per heavy atom. The van der Waals surface area contributed by atoms with Gasteiger partial charge in [-0.15, -0.1) is 0 Å². The van der Waals surface area contributed by atoms with E-state index in [-0.39, 0.29) is 37.5 Å². The van der Waals surface area contributed by atoms with Gasteiger partial charge in [-0.25, -0.2) is 0 Å². The van der Waals surface area contributed by atoms with Crippen molar-refractivity contribution in [2.24, 2.45) is 0 Å². The van der Waals surface area contributed by atoms with E-state index >= 15 is 0 Å². The first-order valence-electron chi connectivity index (χ1n) is 30.5. The molecule has 76 heavy (non-hydrogen) atoms. The first-order chi connectivity index (χ1) is 37.5. The first-order valence-corrected chi connectivity index (χ1v) is 30.5. The van der Waals surface area contributed by atoms with Crippen LogP contribution in [0.2, 0.25) is 0 Å². The number of allylic oxidation sites excluding steroid dienone is 26. The van der Waals surface area contributed by atoms with E-state index in [1.54, 1.807) is 0 Å². The molecule has 0 amide bonds. The molecule has 0 aromatic heterocycles. The molecule has 0 aromatic carbocycles.